The number of ether oxygens (including phenoxy) is 2. The van der Waals surface area contributed by atoms with Crippen molar-refractivity contribution in [2.45, 2.75) is 45.9 Å². The van der Waals surface area contributed by atoms with Gasteiger partial charge in [0, 0.05) is 31.7 Å². The van der Waals surface area contributed by atoms with E-state index >= 15 is 0 Å². The average molecular weight is 434 g/mol. The first-order chi connectivity index (χ1) is 13.6. The molecular weight excluding hydrogens is 394 g/mol. The second-order valence-electron chi connectivity index (χ2n) is 6.35. The van der Waals surface area contributed by atoms with Crippen molar-refractivity contribution in [3.63, 3.8) is 0 Å². The monoisotopic (exact) mass is 433 g/mol. The van der Waals surface area contributed by atoms with E-state index in [4.69, 9.17) is 9.47 Å². The lowest BCUT2D eigenvalue weighted by molar-refractivity contribution is -0.122. The third-order valence-electron chi connectivity index (χ3n) is 3.50. The van der Waals surface area contributed by atoms with Crippen LogP contribution in [0.4, 0.5) is 0 Å². The minimum Gasteiger partial charge on any atom is -0.379 e. The Morgan fingerprint density at radius 3 is 2.46 bits per heavy atom. The highest BCUT2D eigenvalue weighted by Crippen LogP contribution is 2.29. The fourth-order valence-corrected chi connectivity index (χ4v) is 4.70. The van der Waals surface area contributed by atoms with Gasteiger partial charge in [-0.05, 0) is 12.5 Å². The van der Waals surface area contributed by atoms with E-state index in [1.165, 1.54) is 0 Å². The van der Waals surface area contributed by atoms with Crippen LogP contribution in [0.25, 0.3) is 0 Å². The molecule has 0 heterocycles. The maximum absolute atomic E-state index is 11.5. The lowest BCUT2D eigenvalue weighted by Crippen LogP contribution is -2.33. The Morgan fingerprint density at radius 1 is 1.04 bits per heavy atom. The maximum Gasteiger partial charge on any atom is 0.223 e. The van der Waals surface area contributed by atoms with Crippen molar-refractivity contribution >= 4 is 27.5 Å². The number of hydrogen-bond acceptors (Lipinski definition) is 7. The predicted molar refractivity (Wildman–Crippen MR) is 123 cm³/mol. The third kappa shape index (κ3) is 18.9. The summed E-state index contributed by atoms with van der Waals surface area (Å²) in [6.07, 6.45) is 1.16. The highest BCUT2D eigenvalue weighted by atomic mass is 33.1. The topological polar surface area (TPSA) is 71.6 Å². The molecule has 0 rings (SSSR count). The summed E-state index contributed by atoms with van der Waals surface area (Å²) in [6, 6.07) is 0. The van der Waals surface area contributed by atoms with Crippen molar-refractivity contribution in [2.75, 3.05) is 58.4 Å². The van der Waals surface area contributed by atoms with Gasteiger partial charge in [0.05, 0.1) is 38.3 Å². The third-order valence-corrected chi connectivity index (χ3v) is 6.46. The van der Waals surface area contributed by atoms with Gasteiger partial charge >= 0.3 is 0 Å². The van der Waals surface area contributed by atoms with E-state index in [1.807, 2.05) is 28.5 Å². The molecule has 0 aliphatic heterocycles. The van der Waals surface area contributed by atoms with Crippen LogP contribution in [-0.4, -0.2) is 69.6 Å². The Labute approximate surface area is 179 Å². The van der Waals surface area contributed by atoms with Crippen LogP contribution in [0.1, 0.15) is 40.5 Å². The zero-order chi connectivity index (χ0) is 20.9. The summed E-state index contributed by atoms with van der Waals surface area (Å²) >= 11 is 0. The molecule has 0 radical (unpaired) electrons. The number of nitrogens with one attached hydrogen (secondary N) is 3. The number of amides is 1. The molecule has 1 amide bonds. The van der Waals surface area contributed by atoms with E-state index in [1.54, 1.807) is 0 Å². The molecule has 0 fully saturated rings. The molecule has 0 aromatic carbocycles. The van der Waals surface area contributed by atoms with Gasteiger partial charge in [0.1, 0.15) is 0 Å². The Balaban J connectivity index is 3.51. The zero-order valence-electron chi connectivity index (χ0n) is 18.0. The fourth-order valence-electron chi connectivity index (χ4n) is 1.97. The molecule has 1 atom stereocenters. The Kier molecular flexibility index (Phi) is 21.0. The molecule has 0 aromatic rings. The zero-order valence-corrected chi connectivity index (χ0v) is 19.6. The highest BCUT2D eigenvalue weighted by molar-refractivity contribution is 8.76. The molecule has 0 bridgehead atoms. The molecule has 0 spiro atoms. The largest absolute Gasteiger partial charge is 0.379 e. The summed E-state index contributed by atoms with van der Waals surface area (Å²) in [5, 5.41) is 10.0. The van der Waals surface area contributed by atoms with Crippen LogP contribution in [0.3, 0.4) is 0 Å². The molecule has 0 aromatic heterocycles. The fraction of sp³-hybridized carbons (Fsp3) is 0.850. The molecule has 0 aliphatic rings. The van der Waals surface area contributed by atoms with Crippen LogP contribution < -0.4 is 16.0 Å². The minimum atomic E-state index is -0.0314. The SMILES string of the molecule is CCC#CCNC(=O)CCOCCOCCNC(SSCCNCC)C(C)C. The van der Waals surface area contributed by atoms with Crippen molar-refractivity contribution in [2.24, 2.45) is 5.92 Å². The first kappa shape index (κ1) is 27.6. The Bertz CT molecular complexity index is 429. The minimum absolute atomic E-state index is 0.0314. The summed E-state index contributed by atoms with van der Waals surface area (Å²) in [5.41, 5.74) is 0. The van der Waals surface area contributed by atoms with Gasteiger partial charge in [0.15, 0.2) is 0 Å². The van der Waals surface area contributed by atoms with Crippen molar-refractivity contribution in [3.8, 4) is 11.8 Å². The number of hydrogen-bond donors (Lipinski definition) is 3. The quantitative estimate of drug-likeness (QED) is 0.133. The highest BCUT2D eigenvalue weighted by Gasteiger charge is 2.13. The molecule has 6 nitrogen and oxygen atoms in total. The first-order valence-electron chi connectivity index (χ1n) is 10.2. The molecule has 164 valence electrons. The van der Waals surface area contributed by atoms with E-state index in [2.05, 4.69) is 48.6 Å². The van der Waals surface area contributed by atoms with Crippen LogP contribution in [0.5, 0.6) is 0 Å². The van der Waals surface area contributed by atoms with E-state index in [0.29, 0.717) is 50.7 Å². The van der Waals surface area contributed by atoms with Gasteiger partial charge < -0.3 is 25.4 Å². The molecule has 3 N–H and O–H groups in total. The van der Waals surface area contributed by atoms with Gasteiger partial charge in [0.2, 0.25) is 5.91 Å². The second kappa shape index (κ2) is 21.3. The molecule has 0 saturated carbocycles. The Morgan fingerprint density at radius 2 is 1.79 bits per heavy atom. The predicted octanol–water partition coefficient (Wildman–Crippen LogP) is 2.50. The summed E-state index contributed by atoms with van der Waals surface area (Å²) in [6.45, 7) is 14.0. The number of carbonyl (C=O) groups excluding carboxylic acids is 1. The molecule has 8 heteroatoms. The smallest absolute Gasteiger partial charge is 0.223 e. The van der Waals surface area contributed by atoms with Gasteiger partial charge in [0.25, 0.3) is 0 Å². The van der Waals surface area contributed by atoms with Crippen LogP contribution >= 0.6 is 21.6 Å². The van der Waals surface area contributed by atoms with E-state index in [-0.39, 0.29) is 5.91 Å². The molecule has 1 unspecified atom stereocenters. The van der Waals surface area contributed by atoms with Crippen molar-refractivity contribution in [3.05, 3.63) is 0 Å². The van der Waals surface area contributed by atoms with Gasteiger partial charge in [-0.1, -0.05) is 55.2 Å². The molecule has 0 aliphatic carbocycles. The standard InChI is InChI=1S/C20H39N3O3S2/c1-5-7-8-10-22-19(24)9-13-25-15-16-26-14-11-23-20(18(3)4)28-27-17-12-21-6-2/h18,20-21,23H,5-6,9-17H2,1-4H3,(H,22,24). The van der Waals surface area contributed by atoms with E-state index in [9.17, 15) is 4.79 Å². The van der Waals surface area contributed by atoms with Crippen LogP contribution in [-0.2, 0) is 14.3 Å². The summed E-state index contributed by atoms with van der Waals surface area (Å²) in [7, 11) is 3.81. The van der Waals surface area contributed by atoms with E-state index in [0.717, 1.165) is 31.8 Å². The van der Waals surface area contributed by atoms with E-state index < -0.39 is 0 Å². The average Bonchev–Trinajstić information content (AvgIpc) is 2.67. The van der Waals surface area contributed by atoms with Crippen LogP contribution in [0, 0.1) is 17.8 Å². The number of carbonyl (C=O) groups is 1. The second-order valence-corrected chi connectivity index (χ2v) is 8.98. The van der Waals surface area contributed by atoms with Gasteiger partial charge in [-0.3, -0.25) is 4.79 Å². The molecule has 0 saturated heterocycles. The molecular formula is C20H39N3O3S2. The number of rotatable bonds is 18. The molecule has 28 heavy (non-hydrogen) atoms. The maximum atomic E-state index is 11.5. The van der Waals surface area contributed by atoms with Gasteiger partial charge in [-0.25, -0.2) is 0 Å². The Hall–Kier alpha value is -0.430. The normalized spacial score (nSPS) is 11.9. The van der Waals surface area contributed by atoms with Crippen LogP contribution in [0.2, 0.25) is 0 Å². The van der Waals surface area contributed by atoms with Gasteiger partial charge in [-0.2, -0.15) is 0 Å². The van der Waals surface area contributed by atoms with Crippen LogP contribution in [0.15, 0.2) is 0 Å². The van der Waals surface area contributed by atoms with Gasteiger partial charge in [-0.15, -0.1) is 5.92 Å². The summed E-state index contributed by atoms with van der Waals surface area (Å²) in [4.78, 5) is 11.5. The first-order valence-corrected chi connectivity index (χ1v) is 12.6. The summed E-state index contributed by atoms with van der Waals surface area (Å²) in [5.74, 6) is 7.44. The lowest BCUT2D eigenvalue weighted by Gasteiger charge is -2.21. The van der Waals surface area contributed by atoms with Crippen molar-refractivity contribution < 1.29 is 14.3 Å². The van der Waals surface area contributed by atoms with Crippen molar-refractivity contribution in [1.29, 1.82) is 0 Å². The van der Waals surface area contributed by atoms with Crippen molar-refractivity contribution in [1.82, 2.24) is 16.0 Å². The lowest BCUT2D eigenvalue weighted by atomic mass is 10.2. The summed E-state index contributed by atoms with van der Waals surface area (Å²) < 4.78 is 11.0.